The zero-order valence-corrected chi connectivity index (χ0v) is 35.5. The van der Waals surface area contributed by atoms with Crippen LogP contribution in [0, 0.1) is 0 Å². The van der Waals surface area contributed by atoms with Crippen molar-refractivity contribution in [1.82, 2.24) is 0 Å². The first-order chi connectivity index (χ1) is 24.6. The van der Waals surface area contributed by atoms with Crippen molar-refractivity contribution in [2.24, 2.45) is 0 Å². The first-order valence-electron chi connectivity index (χ1n) is 21.8. The average Bonchev–Trinajstić information content (AvgIpc) is 3.08. The van der Waals surface area contributed by atoms with Crippen molar-refractivity contribution in [2.75, 3.05) is 54.1 Å². The third-order valence-electron chi connectivity index (χ3n) is 9.66. The van der Waals surface area contributed by atoms with Gasteiger partial charge in [0.1, 0.15) is 19.3 Å². The van der Waals surface area contributed by atoms with E-state index in [1.54, 1.807) is 0 Å². The third kappa shape index (κ3) is 40.5. The lowest BCUT2D eigenvalue weighted by atomic mass is 10.0. The molecule has 0 spiro atoms. The normalized spacial score (nSPS) is 13.8. The molecule has 306 valence electrons. The van der Waals surface area contributed by atoms with E-state index in [1.165, 1.54) is 154 Å². The third-order valence-corrected chi connectivity index (χ3v) is 10.6. The Morgan fingerprint density at radius 3 is 1.29 bits per heavy atom. The Morgan fingerprint density at radius 1 is 0.529 bits per heavy atom. The number of quaternary nitrogens is 1. The lowest BCUT2D eigenvalue weighted by Crippen LogP contribution is -2.37. The second kappa shape index (κ2) is 36.5. The zero-order valence-electron chi connectivity index (χ0n) is 34.6. The van der Waals surface area contributed by atoms with Crippen LogP contribution in [0.2, 0.25) is 0 Å². The van der Waals surface area contributed by atoms with Crippen LogP contribution in [0.5, 0.6) is 0 Å². The van der Waals surface area contributed by atoms with E-state index in [-0.39, 0.29) is 25.8 Å². The summed E-state index contributed by atoms with van der Waals surface area (Å²) in [6.45, 7) is 5.45. The molecule has 0 fully saturated rings. The molecule has 9 heteroatoms. The van der Waals surface area contributed by atoms with Gasteiger partial charge in [-0.15, -0.1) is 0 Å². The summed E-state index contributed by atoms with van der Waals surface area (Å²) in [6.07, 6.45) is 36.9. The number of rotatable bonds is 41. The van der Waals surface area contributed by atoms with Crippen LogP contribution in [0.4, 0.5) is 0 Å². The Balaban J connectivity index is 4.11. The molecular formula is C42H86NO7P. The molecule has 0 aromatic rings. The van der Waals surface area contributed by atoms with E-state index in [2.05, 4.69) is 13.8 Å². The van der Waals surface area contributed by atoms with Crippen LogP contribution in [0.25, 0.3) is 0 Å². The van der Waals surface area contributed by atoms with Crippen molar-refractivity contribution in [3.8, 4) is 0 Å². The Labute approximate surface area is 317 Å². The van der Waals surface area contributed by atoms with Gasteiger partial charge >= 0.3 is 5.97 Å². The van der Waals surface area contributed by atoms with Gasteiger partial charge in [-0.3, -0.25) is 9.36 Å². The summed E-state index contributed by atoms with van der Waals surface area (Å²) in [5.74, 6) is -0.332. The van der Waals surface area contributed by atoms with Crippen LogP contribution in [-0.4, -0.2) is 70.7 Å². The van der Waals surface area contributed by atoms with Crippen molar-refractivity contribution in [3.05, 3.63) is 0 Å². The second-order valence-electron chi connectivity index (χ2n) is 16.1. The SMILES string of the molecule is CCCCCCCCCCCCCCCCCCCCCOCC(COP(=O)([O-])OCC[N+](C)(C)C)OC(=O)CCCCCCCCCCCC. The first-order valence-corrected chi connectivity index (χ1v) is 23.2. The van der Waals surface area contributed by atoms with Crippen LogP contribution in [-0.2, 0) is 27.9 Å². The topological polar surface area (TPSA) is 94.1 Å². The minimum atomic E-state index is -4.51. The number of phosphoric ester groups is 1. The Hall–Kier alpha value is -0.500. The number of unbranched alkanes of at least 4 members (excludes halogenated alkanes) is 27. The van der Waals surface area contributed by atoms with Crippen LogP contribution >= 0.6 is 7.82 Å². The number of hydrogen-bond acceptors (Lipinski definition) is 7. The maximum Gasteiger partial charge on any atom is 0.306 e. The van der Waals surface area contributed by atoms with E-state index in [1.807, 2.05) is 21.1 Å². The summed E-state index contributed by atoms with van der Waals surface area (Å²) in [5, 5.41) is 0. The number of esters is 1. The number of phosphoric acid groups is 1. The van der Waals surface area contributed by atoms with E-state index >= 15 is 0 Å². The predicted octanol–water partition coefficient (Wildman–Crippen LogP) is 11.9. The summed E-state index contributed by atoms with van der Waals surface area (Å²) < 4.78 is 34.5. The second-order valence-corrected chi connectivity index (χ2v) is 17.5. The molecule has 0 aliphatic heterocycles. The fourth-order valence-electron chi connectivity index (χ4n) is 6.25. The maximum atomic E-state index is 12.6. The van der Waals surface area contributed by atoms with Gasteiger partial charge in [0, 0.05) is 13.0 Å². The lowest BCUT2D eigenvalue weighted by Gasteiger charge is -2.28. The van der Waals surface area contributed by atoms with Crippen molar-refractivity contribution in [3.63, 3.8) is 0 Å². The number of ether oxygens (including phenoxy) is 2. The predicted molar refractivity (Wildman–Crippen MR) is 213 cm³/mol. The van der Waals surface area contributed by atoms with Crippen molar-refractivity contribution in [1.29, 1.82) is 0 Å². The summed E-state index contributed by atoms with van der Waals surface area (Å²) in [4.78, 5) is 24.9. The fourth-order valence-corrected chi connectivity index (χ4v) is 6.98. The minimum Gasteiger partial charge on any atom is -0.756 e. The monoisotopic (exact) mass is 748 g/mol. The highest BCUT2D eigenvalue weighted by Crippen LogP contribution is 2.38. The van der Waals surface area contributed by atoms with Crippen molar-refractivity contribution < 1.29 is 37.3 Å². The van der Waals surface area contributed by atoms with Crippen LogP contribution in [0.15, 0.2) is 0 Å². The summed E-state index contributed by atoms with van der Waals surface area (Å²) in [7, 11) is 1.37. The molecule has 0 aromatic carbocycles. The van der Waals surface area contributed by atoms with E-state index in [0.717, 1.165) is 32.1 Å². The molecule has 2 atom stereocenters. The van der Waals surface area contributed by atoms with Crippen LogP contribution in [0.1, 0.15) is 206 Å². The van der Waals surface area contributed by atoms with Crippen molar-refractivity contribution >= 4 is 13.8 Å². The summed E-state index contributed by atoms with van der Waals surface area (Å²) >= 11 is 0. The van der Waals surface area contributed by atoms with Crippen LogP contribution in [0.3, 0.4) is 0 Å². The number of hydrogen-bond donors (Lipinski definition) is 0. The molecule has 51 heavy (non-hydrogen) atoms. The molecule has 0 amide bonds. The van der Waals surface area contributed by atoms with Gasteiger partial charge in [0.05, 0.1) is 34.4 Å². The molecule has 0 rings (SSSR count). The smallest absolute Gasteiger partial charge is 0.306 e. The number of nitrogens with zero attached hydrogens (tertiary/aromatic N) is 1. The van der Waals surface area contributed by atoms with Crippen LogP contribution < -0.4 is 4.89 Å². The van der Waals surface area contributed by atoms with Gasteiger partial charge in [-0.1, -0.05) is 187 Å². The molecule has 0 aliphatic carbocycles. The Kier molecular flexibility index (Phi) is 36.1. The maximum absolute atomic E-state index is 12.6. The highest BCUT2D eigenvalue weighted by Gasteiger charge is 2.20. The van der Waals surface area contributed by atoms with Gasteiger partial charge in [-0.25, -0.2) is 0 Å². The highest BCUT2D eigenvalue weighted by molar-refractivity contribution is 7.45. The minimum absolute atomic E-state index is 0.0311. The molecule has 0 N–H and O–H groups in total. The van der Waals surface area contributed by atoms with Gasteiger partial charge < -0.3 is 27.9 Å². The van der Waals surface area contributed by atoms with Gasteiger partial charge in [-0.05, 0) is 12.8 Å². The van der Waals surface area contributed by atoms with Gasteiger partial charge in [0.2, 0.25) is 0 Å². The summed E-state index contributed by atoms with van der Waals surface area (Å²) in [5.41, 5.74) is 0. The molecule has 0 saturated carbocycles. The lowest BCUT2D eigenvalue weighted by molar-refractivity contribution is -0.870. The zero-order chi connectivity index (χ0) is 37.7. The molecule has 0 aromatic heterocycles. The quantitative estimate of drug-likeness (QED) is 0.0266. The first kappa shape index (κ1) is 50.5. The number of likely N-dealkylation sites (N-methyl/N-ethyl adjacent to an activating group) is 1. The van der Waals surface area contributed by atoms with Gasteiger partial charge in [-0.2, -0.15) is 0 Å². The van der Waals surface area contributed by atoms with E-state index in [0.29, 0.717) is 24.1 Å². The van der Waals surface area contributed by atoms with Crippen molar-refractivity contribution in [2.45, 2.75) is 213 Å². The van der Waals surface area contributed by atoms with E-state index in [4.69, 9.17) is 18.5 Å². The van der Waals surface area contributed by atoms with E-state index < -0.39 is 13.9 Å². The Morgan fingerprint density at radius 2 is 0.902 bits per heavy atom. The number of carbonyl (C=O) groups is 1. The van der Waals surface area contributed by atoms with Gasteiger partial charge in [0.15, 0.2) is 0 Å². The van der Waals surface area contributed by atoms with Gasteiger partial charge in [0.25, 0.3) is 7.82 Å². The molecule has 0 radical (unpaired) electrons. The molecule has 2 unspecified atom stereocenters. The fraction of sp³-hybridized carbons (Fsp3) is 0.976. The molecule has 0 aliphatic rings. The largest absolute Gasteiger partial charge is 0.756 e. The standard InChI is InChI=1S/C42H86NO7P/c1-6-8-10-12-14-16-18-19-20-21-22-23-24-25-26-28-30-32-34-37-47-39-41(40-49-51(45,46)48-38-36-43(3,4)5)50-42(44)35-33-31-29-27-17-15-13-11-9-7-2/h41H,6-40H2,1-5H3. The number of carbonyl (C=O) groups excluding carboxylic acids is 1. The summed E-state index contributed by atoms with van der Waals surface area (Å²) in [6, 6.07) is 0. The van der Waals surface area contributed by atoms with E-state index in [9.17, 15) is 14.3 Å². The molecule has 0 bridgehead atoms. The molecular weight excluding hydrogens is 661 g/mol. The molecule has 8 nitrogen and oxygen atoms in total. The molecule has 0 heterocycles. The Bertz CT molecular complexity index is 792. The highest BCUT2D eigenvalue weighted by atomic mass is 31.2. The molecule has 0 saturated heterocycles. The average molecular weight is 748 g/mol.